The fraction of sp³-hybridized carbons (Fsp3) is 0.947. The summed E-state index contributed by atoms with van der Waals surface area (Å²) < 4.78 is 68.4. The molecule has 0 heterocycles. The number of phosphoric acid groups is 2. The number of hydrogen-bond donors (Lipinski definition) is 3. The van der Waals surface area contributed by atoms with Crippen molar-refractivity contribution in [3.8, 4) is 0 Å². The molecule has 0 radical (unpaired) electrons. The molecule has 564 valence electrons. The second kappa shape index (κ2) is 65.4. The molecule has 0 aromatic heterocycles. The van der Waals surface area contributed by atoms with Gasteiger partial charge in [0.15, 0.2) is 12.2 Å². The van der Waals surface area contributed by atoms with Gasteiger partial charge in [-0.1, -0.05) is 331 Å². The molecule has 0 saturated heterocycles. The van der Waals surface area contributed by atoms with Gasteiger partial charge in [-0.25, -0.2) is 9.13 Å². The number of esters is 4. The van der Waals surface area contributed by atoms with Gasteiger partial charge >= 0.3 is 39.5 Å². The van der Waals surface area contributed by atoms with Gasteiger partial charge in [-0.2, -0.15) is 0 Å². The number of phosphoric ester groups is 2. The number of carbonyl (C=O) groups excluding carboxylic acids is 4. The molecule has 0 aromatic rings. The molecule has 19 heteroatoms. The first-order valence-corrected chi connectivity index (χ1v) is 42.2. The molecular formula is C76H148O17P2. The van der Waals surface area contributed by atoms with E-state index in [0.29, 0.717) is 31.6 Å². The van der Waals surface area contributed by atoms with Gasteiger partial charge in [0.1, 0.15) is 19.3 Å². The number of rotatable bonds is 73. The van der Waals surface area contributed by atoms with Crippen LogP contribution in [0.2, 0.25) is 0 Å². The normalized spacial score (nSPS) is 14.1. The molecule has 0 aliphatic rings. The summed E-state index contributed by atoms with van der Waals surface area (Å²) in [5, 5.41) is 10.6. The van der Waals surface area contributed by atoms with Gasteiger partial charge in [-0.3, -0.25) is 37.3 Å². The first-order valence-electron chi connectivity index (χ1n) is 39.2. The van der Waals surface area contributed by atoms with Crippen molar-refractivity contribution in [1.29, 1.82) is 0 Å². The zero-order valence-corrected chi connectivity index (χ0v) is 64.1. The van der Waals surface area contributed by atoms with Crippen molar-refractivity contribution in [2.45, 2.75) is 401 Å². The third-order valence-electron chi connectivity index (χ3n) is 17.6. The summed E-state index contributed by atoms with van der Waals surface area (Å²) in [6.07, 6.45) is 50.2. The highest BCUT2D eigenvalue weighted by atomic mass is 31.2. The van der Waals surface area contributed by atoms with Crippen LogP contribution in [0, 0.1) is 23.7 Å². The summed E-state index contributed by atoms with van der Waals surface area (Å²) in [4.78, 5) is 72.7. The number of aliphatic hydroxyl groups excluding tert-OH is 1. The Bertz CT molecular complexity index is 1870. The van der Waals surface area contributed by atoms with E-state index in [1.807, 2.05) is 0 Å². The summed E-state index contributed by atoms with van der Waals surface area (Å²) in [5.74, 6) is 0.874. The zero-order chi connectivity index (χ0) is 70.3. The summed E-state index contributed by atoms with van der Waals surface area (Å²) in [7, 11) is -9.91. The molecule has 0 aromatic carbocycles. The molecule has 0 aliphatic heterocycles. The fourth-order valence-corrected chi connectivity index (χ4v) is 13.1. The van der Waals surface area contributed by atoms with Crippen LogP contribution in [0.3, 0.4) is 0 Å². The van der Waals surface area contributed by atoms with Crippen molar-refractivity contribution in [3.05, 3.63) is 0 Å². The lowest BCUT2D eigenvalue weighted by Gasteiger charge is -2.21. The Labute approximate surface area is 581 Å². The predicted molar refractivity (Wildman–Crippen MR) is 386 cm³/mol. The third-order valence-corrected chi connectivity index (χ3v) is 19.5. The van der Waals surface area contributed by atoms with Crippen LogP contribution in [0.4, 0.5) is 0 Å². The van der Waals surface area contributed by atoms with Crippen molar-refractivity contribution < 1.29 is 80.2 Å². The highest BCUT2D eigenvalue weighted by Crippen LogP contribution is 2.45. The van der Waals surface area contributed by atoms with Gasteiger partial charge in [-0.05, 0) is 49.4 Å². The standard InChI is InChI=1S/C76H148O17P2/c1-66(2)52-44-36-28-21-17-15-13-11-9-10-12-14-16-18-23-32-40-48-56-73(78)86-62-71(93-76(81)59-51-43-34-26-25-30-38-46-54-68(5)6)64-90-94(82,83)88-60-70(77)61-89-95(84,85)91-65-72(63-87-74(79)57-49-41-35-27-31-39-47-55-69(7)8)92-75(80)58-50-42-33-24-20-19-22-29-37-45-53-67(3)4/h66-72,77H,9-65H2,1-8H3,(H,82,83)(H,84,85)/t70?,71-,72-/m1/s1. The fourth-order valence-electron chi connectivity index (χ4n) is 11.6. The molecule has 0 aliphatic carbocycles. The Kier molecular flexibility index (Phi) is 64.0. The average molecular weight is 1400 g/mol. The zero-order valence-electron chi connectivity index (χ0n) is 62.3. The molecule has 0 spiro atoms. The van der Waals surface area contributed by atoms with E-state index in [0.717, 1.165) is 114 Å². The van der Waals surface area contributed by atoms with Crippen molar-refractivity contribution in [3.63, 3.8) is 0 Å². The van der Waals surface area contributed by atoms with E-state index in [1.54, 1.807) is 0 Å². The van der Waals surface area contributed by atoms with E-state index < -0.39 is 97.5 Å². The van der Waals surface area contributed by atoms with E-state index in [2.05, 4.69) is 55.4 Å². The number of carbonyl (C=O) groups is 4. The Balaban J connectivity index is 5.16. The van der Waals surface area contributed by atoms with Crippen molar-refractivity contribution in [2.24, 2.45) is 23.7 Å². The summed E-state index contributed by atoms with van der Waals surface area (Å²) >= 11 is 0. The number of ether oxygens (including phenoxy) is 4. The van der Waals surface area contributed by atoms with Crippen LogP contribution in [-0.2, 0) is 65.4 Å². The molecule has 5 atom stereocenters. The van der Waals surface area contributed by atoms with Gasteiger partial charge in [0.05, 0.1) is 26.4 Å². The Morgan fingerprint density at radius 2 is 0.442 bits per heavy atom. The van der Waals surface area contributed by atoms with E-state index >= 15 is 0 Å². The molecule has 3 unspecified atom stereocenters. The lowest BCUT2D eigenvalue weighted by molar-refractivity contribution is -0.161. The second-order valence-corrected chi connectivity index (χ2v) is 32.2. The van der Waals surface area contributed by atoms with Crippen LogP contribution in [0.25, 0.3) is 0 Å². The quantitative estimate of drug-likeness (QED) is 0.0222. The van der Waals surface area contributed by atoms with Crippen LogP contribution in [0.15, 0.2) is 0 Å². The smallest absolute Gasteiger partial charge is 0.462 e. The third kappa shape index (κ3) is 70.3. The average Bonchev–Trinajstić information content (AvgIpc) is 1.42. The van der Waals surface area contributed by atoms with Crippen LogP contribution >= 0.6 is 15.6 Å². The lowest BCUT2D eigenvalue weighted by atomic mass is 10.0. The van der Waals surface area contributed by atoms with E-state index in [-0.39, 0.29) is 25.7 Å². The summed E-state index contributed by atoms with van der Waals surface area (Å²) in [6, 6.07) is 0. The molecule has 0 amide bonds. The van der Waals surface area contributed by atoms with Crippen molar-refractivity contribution in [1.82, 2.24) is 0 Å². The molecule has 0 fully saturated rings. The first-order chi connectivity index (χ1) is 45.6. The van der Waals surface area contributed by atoms with Gasteiger partial charge in [0.25, 0.3) is 0 Å². The highest BCUT2D eigenvalue weighted by Gasteiger charge is 2.30. The highest BCUT2D eigenvalue weighted by molar-refractivity contribution is 7.47. The molecule has 95 heavy (non-hydrogen) atoms. The maximum atomic E-state index is 13.1. The van der Waals surface area contributed by atoms with Crippen LogP contribution in [-0.4, -0.2) is 96.7 Å². The maximum absolute atomic E-state index is 13.1. The van der Waals surface area contributed by atoms with Crippen LogP contribution in [0.5, 0.6) is 0 Å². The molecule has 0 rings (SSSR count). The van der Waals surface area contributed by atoms with Gasteiger partial charge < -0.3 is 33.8 Å². The Morgan fingerprint density at radius 3 is 0.653 bits per heavy atom. The van der Waals surface area contributed by atoms with Gasteiger partial charge in [0.2, 0.25) is 0 Å². The van der Waals surface area contributed by atoms with Crippen molar-refractivity contribution >= 4 is 39.5 Å². The molecular weight excluding hydrogens is 1250 g/mol. The topological polar surface area (TPSA) is 237 Å². The molecule has 0 bridgehead atoms. The number of unbranched alkanes of at least 4 members (excludes halogenated alkanes) is 39. The van der Waals surface area contributed by atoms with Crippen LogP contribution in [0.1, 0.15) is 383 Å². The minimum Gasteiger partial charge on any atom is -0.462 e. The molecule has 3 N–H and O–H groups in total. The van der Waals surface area contributed by atoms with E-state index in [4.69, 9.17) is 37.0 Å². The molecule has 17 nitrogen and oxygen atoms in total. The minimum absolute atomic E-state index is 0.104. The summed E-state index contributed by atoms with van der Waals surface area (Å²) in [5.41, 5.74) is 0. The largest absolute Gasteiger partial charge is 0.472 e. The summed E-state index contributed by atoms with van der Waals surface area (Å²) in [6.45, 7) is 14.1. The Hall–Kier alpha value is -1.94. The lowest BCUT2D eigenvalue weighted by Crippen LogP contribution is -2.30. The van der Waals surface area contributed by atoms with Crippen molar-refractivity contribution in [2.75, 3.05) is 39.6 Å². The monoisotopic (exact) mass is 1400 g/mol. The molecule has 0 saturated carbocycles. The van der Waals surface area contributed by atoms with Crippen LogP contribution < -0.4 is 0 Å². The van der Waals surface area contributed by atoms with Gasteiger partial charge in [-0.15, -0.1) is 0 Å². The first kappa shape index (κ1) is 93.1. The number of hydrogen-bond acceptors (Lipinski definition) is 15. The maximum Gasteiger partial charge on any atom is 0.472 e. The SMILES string of the molecule is CC(C)CCCCCCCCCCCCCCCCCCCCC(=O)OC[C@H](COP(=O)(O)OCC(O)COP(=O)(O)OC[C@@H](COC(=O)CCCCCCCCCC(C)C)OC(=O)CCCCCCCCCCCCC(C)C)OC(=O)CCCCCCCCCCC(C)C. The predicted octanol–water partition coefficient (Wildman–Crippen LogP) is 22.0. The second-order valence-electron chi connectivity index (χ2n) is 29.3. The van der Waals surface area contributed by atoms with Gasteiger partial charge in [0, 0.05) is 25.7 Å². The number of aliphatic hydroxyl groups is 1. The minimum atomic E-state index is -4.96. The Morgan fingerprint density at radius 1 is 0.263 bits per heavy atom. The van der Waals surface area contributed by atoms with E-state index in [1.165, 1.54) is 180 Å². The van der Waals surface area contributed by atoms with E-state index in [9.17, 15) is 43.2 Å².